The van der Waals surface area contributed by atoms with Gasteiger partial charge in [0.1, 0.15) is 5.82 Å². The second-order valence-corrected chi connectivity index (χ2v) is 7.01. The summed E-state index contributed by atoms with van der Waals surface area (Å²) < 4.78 is 39.1. The highest BCUT2D eigenvalue weighted by Gasteiger charge is 2.37. The zero-order chi connectivity index (χ0) is 15.2. The third kappa shape index (κ3) is 2.40. The molecule has 2 aliphatic rings. The lowest BCUT2D eigenvalue weighted by Crippen LogP contribution is -2.35. The lowest BCUT2D eigenvalue weighted by atomic mass is 10.2. The van der Waals surface area contributed by atoms with Crippen LogP contribution in [0.2, 0.25) is 0 Å². The molecular weight excluding hydrogens is 299 g/mol. The van der Waals surface area contributed by atoms with E-state index in [9.17, 15) is 17.6 Å². The fourth-order valence-electron chi connectivity index (χ4n) is 2.61. The Morgan fingerprint density at radius 3 is 2.05 bits per heavy atom. The summed E-state index contributed by atoms with van der Waals surface area (Å²) in [7, 11) is -3.68. The predicted octanol–water partition coefficient (Wildman–Crippen LogP) is 1.12. The van der Waals surface area contributed by atoms with Crippen molar-refractivity contribution in [3.63, 3.8) is 0 Å². The van der Waals surface area contributed by atoms with Gasteiger partial charge in [0.05, 0.1) is 4.90 Å². The van der Waals surface area contributed by atoms with Gasteiger partial charge in [0.25, 0.3) is 0 Å². The summed E-state index contributed by atoms with van der Waals surface area (Å²) in [5.74, 6) is -0.493. The van der Waals surface area contributed by atoms with Crippen molar-refractivity contribution < 1.29 is 22.7 Å². The van der Waals surface area contributed by atoms with E-state index in [1.165, 1.54) is 21.3 Å². The van der Waals surface area contributed by atoms with Gasteiger partial charge >= 0.3 is 6.09 Å². The van der Waals surface area contributed by atoms with Gasteiger partial charge in [-0.15, -0.1) is 0 Å². The number of hydrogen-bond acceptors (Lipinski definition) is 3. The molecule has 0 fully saturated rings. The van der Waals surface area contributed by atoms with Crippen molar-refractivity contribution in [2.45, 2.75) is 4.90 Å². The van der Waals surface area contributed by atoms with Crippen molar-refractivity contribution in [1.29, 1.82) is 0 Å². The summed E-state index contributed by atoms with van der Waals surface area (Å²) >= 11 is 0. The quantitative estimate of drug-likeness (QED) is 0.830. The van der Waals surface area contributed by atoms with Crippen molar-refractivity contribution >= 4 is 16.1 Å². The van der Waals surface area contributed by atoms with Crippen LogP contribution in [0.5, 0.6) is 0 Å². The molecule has 0 saturated heterocycles. The molecule has 1 aromatic carbocycles. The number of rotatable bonds is 2. The number of sulfonamides is 1. The van der Waals surface area contributed by atoms with E-state index < -0.39 is 21.9 Å². The van der Waals surface area contributed by atoms with E-state index in [4.69, 9.17) is 5.11 Å². The van der Waals surface area contributed by atoms with Crippen LogP contribution in [0.25, 0.3) is 0 Å². The van der Waals surface area contributed by atoms with Crippen LogP contribution in [0, 0.1) is 5.82 Å². The standard InChI is InChI=1S/C13H13FN2O4S/c14-11-1-3-12(4-2-11)21(19,20)16-7-9-5-15(13(17)18)6-10(9)8-16/h1-4H,5-8H2,(H,17,18). The van der Waals surface area contributed by atoms with Crippen molar-refractivity contribution in [1.82, 2.24) is 9.21 Å². The first-order chi connectivity index (χ1) is 9.88. The lowest BCUT2D eigenvalue weighted by molar-refractivity contribution is 0.155. The average molecular weight is 312 g/mol. The Kier molecular flexibility index (Phi) is 3.22. The van der Waals surface area contributed by atoms with Crippen LogP contribution in [-0.4, -0.2) is 55.0 Å². The number of amides is 1. The zero-order valence-electron chi connectivity index (χ0n) is 11.0. The third-order valence-corrected chi connectivity index (χ3v) is 5.53. The first-order valence-corrected chi connectivity index (χ1v) is 7.75. The summed E-state index contributed by atoms with van der Waals surface area (Å²) in [4.78, 5) is 12.2. The molecule has 0 unspecified atom stereocenters. The molecule has 112 valence electrons. The van der Waals surface area contributed by atoms with E-state index in [0.29, 0.717) is 0 Å². The molecule has 1 N–H and O–H groups in total. The van der Waals surface area contributed by atoms with E-state index in [2.05, 4.69) is 0 Å². The Morgan fingerprint density at radius 1 is 1.05 bits per heavy atom. The molecule has 0 radical (unpaired) electrons. The van der Waals surface area contributed by atoms with Gasteiger partial charge in [0.15, 0.2) is 0 Å². The van der Waals surface area contributed by atoms with E-state index in [1.54, 1.807) is 0 Å². The molecule has 0 saturated carbocycles. The van der Waals surface area contributed by atoms with Gasteiger partial charge in [-0.2, -0.15) is 4.31 Å². The van der Waals surface area contributed by atoms with Gasteiger partial charge in [-0.3, -0.25) is 0 Å². The largest absolute Gasteiger partial charge is 0.465 e. The number of benzene rings is 1. The fraction of sp³-hybridized carbons (Fsp3) is 0.308. The number of nitrogens with zero attached hydrogens (tertiary/aromatic N) is 2. The van der Waals surface area contributed by atoms with Crippen LogP contribution in [-0.2, 0) is 10.0 Å². The van der Waals surface area contributed by atoms with Gasteiger partial charge in [-0.25, -0.2) is 17.6 Å². The first-order valence-electron chi connectivity index (χ1n) is 6.31. The van der Waals surface area contributed by atoms with E-state index in [1.807, 2.05) is 0 Å². The highest BCUT2D eigenvalue weighted by Crippen LogP contribution is 2.29. The maximum Gasteiger partial charge on any atom is 0.407 e. The Balaban J connectivity index is 1.77. The number of carbonyl (C=O) groups is 1. The number of halogens is 1. The molecule has 21 heavy (non-hydrogen) atoms. The van der Waals surface area contributed by atoms with Crippen molar-refractivity contribution in [2.75, 3.05) is 26.2 Å². The van der Waals surface area contributed by atoms with Crippen LogP contribution < -0.4 is 0 Å². The molecule has 8 heteroatoms. The second kappa shape index (κ2) is 4.81. The van der Waals surface area contributed by atoms with Gasteiger partial charge in [-0.05, 0) is 35.4 Å². The molecule has 2 heterocycles. The second-order valence-electron chi connectivity index (χ2n) is 5.07. The van der Waals surface area contributed by atoms with E-state index in [0.717, 1.165) is 23.3 Å². The summed E-state index contributed by atoms with van der Waals surface area (Å²) in [6, 6.07) is 4.68. The Bertz CT molecular complexity index is 709. The van der Waals surface area contributed by atoms with E-state index in [-0.39, 0.29) is 31.1 Å². The maximum absolute atomic E-state index is 12.9. The van der Waals surface area contributed by atoms with Gasteiger partial charge < -0.3 is 10.0 Å². The van der Waals surface area contributed by atoms with Gasteiger partial charge in [0.2, 0.25) is 10.0 Å². The van der Waals surface area contributed by atoms with Crippen molar-refractivity contribution in [3.05, 3.63) is 41.2 Å². The maximum atomic E-state index is 12.9. The minimum Gasteiger partial charge on any atom is -0.465 e. The summed E-state index contributed by atoms with van der Waals surface area (Å²) in [5, 5.41) is 8.93. The fourth-order valence-corrected chi connectivity index (χ4v) is 4.04. The van der Waals surface area contributed by atoms with Gasteiger partial charge in [-0.1, -0.05) is 0 Å². The van der Waals surface area contributed by atoms with Crippen molar-refractivity contribution in [3.8, 4) is 0 Å². The SMILES string of the molecule is O=C(O)N1CC2=C(C1)CN(S(=O)(=O)c1ccc(F)cc1)C2. The molecule has 0 aliphatic carbocycles. The third-order valence-electron chi connectivity index (χ3n) is 3.72. The summed E-state index contributed by atoms with van der Waals surface area (Å²) in [5.41, 5.74) is 1.67. The normalized spacial score (nSPS) is 19.2. The highest BCUT2D eigenvalue weighted by molar-refractivity contribution is 7.89. The highest BCUT2D eigenvalue weighted by atomic mass is 32.2. The minimum atomic E-state index is -3.68. The first kappa shape index (κ1) is 14.0. The van der Waals surface area contributed by atoms with Crippen LogP contribution in [0.3, 0.4) is 0 Å². The minimum absolute atomic E-state index is 0.0418. The number of hydrogen-bond donors (Lipinski definition) is 1. The molecule has 3 rings (SSSR count). The molecule has 6 nitrogen and oxygen atoms in total. The Labute approximate surface area is 121 Å². The Morgan fingerprint density at radius 2 is 1.57 bits per heavy atom. The summed E-state index contributed by atoms with van der Waals surface area (Å²) in [6.07, 6.45) is -1.00. The smallest absolute Gasteiger partial charge is 0.407 e. The molecular formula is C13H13FN2O4S. The van der Waals surface area contributed by atoms with Crippen LogP contribution in [0.1, 0.15) is 0 Å². The Hall–Kier alpha value is -1.93. The monoisotopic (exact) mass is 312 g/mol. The van der Waals surface area contributed by atoms with Crippen LogP contribution >= 0.6 is 0 Å². The van der Waals surface area contributed by atoms with Gasteiger partial charge in [0, 0.05) is 26.2 Å². The molecule has 0 atom stereocenters. The van der Waals surface area contributed by atoms with Crippen LogP contribution in [0.15, 0.2) is 40.3 Å². The molecule has 1 aromatic rings. The van der Waals surface area contributed by atoms with Crippen molar-refractivity contribution in [2.24, 2.45) is 0 Å². The number of carboxylic acid groups (broad SMARTS) is 1. The molecule has 2 aliphatic heterocycles. The van der Waals surface area contributed by atoms with E-state index >= 15 is 0 Å². The average Bonchev–Trinajstić information content (AvgIpc) is 2.97. The molecule has 0 aromatic heterocycles. The predicted molar refractivity (Wildman–Crippen MR) is 71.8 cm³/mol. The zero-order valence-corrected chi connectivity index (χ0v) is 11.8. The molecule has 0 spiro atoms. The molecule has 1 amide bonds. The van der Waals surface area contributed by atoms with Crippen LogP contribution in [0.4, 0.5) is 9.18 Å². The summed E-state index contributed by atoms with van der Waals surface area (Å²) in [6.45, 7) is 0.887. The topological polar surface area (TPSA) is 77.9 Å². The lowest BCUT2D eigenvalue weighted by Gasteiger charge is -2.21. The molecule has 0 bridgehead atoms.